The Balaban J connectivity index is 1.15. The van der Waals surface area contributed by atoms with E-state index in [0.717, 1.165) is 39.0 Å². The monoisotopic (exact) mass is 724 g/mol. The molecule has 1 fully saturated rings. The quantitative estimate of drug-likeness (QED) is 0.170. The highest BCUT2D eigenvalue weighted by Gasteiger charge is 2.48. The number of fused-ring (bicyclic) bond motifs is 7. The fraction of sp³-hybridized carbons (Fsp3) is 0.170. The van der Waals surface area contributed by atoms with E-state index in [1.165, 1.54) is 76.5 Å². The summed E-state index contributed by atoms with van der Waals surface area (Å²) >= 11 is 0. The van der Waals surface area contributed by atoms with E-state index in [1.54, 1.807) is 0 Å². The second kappa shape index (κ2) is 13.2. The number of hydrogen-bond acceptors (Lipinski definition) is 3. The zero-order chi connectivity index (χ0) is 37.2. The minimum Gasteiger partial charge on any atom is -0.456 e. The van der Waals surface area contributed by atoms with Gasteiger partial charge in [0.25, 0.3) is 0 Å². The molecule has 2 aliphatic carbocycles. The van der Waals surface area contributed by atoms with Crippen molar-refractivity contribution >= 4 is 55.5 Å². The highest BCUT2D eigenvalue weighted by Crippen LogP contribution is 2.56. The van der Waals surface area contributed by atoms with Crippen LogP contribution >= 0.6 is 0 Å². The van der Waals surface area contributed by atoms with Crippen molar-refractivity contribution in [2.45, 2.75) is 56.4 Å². The minimum absolute atomic E-state index is 0.191. The molecule has 0 spiro atoms. The highest BCUT2D eigenvalue weighted by atomic mass is 16.3. The van der Waals surface area contributed by atoms with Crippen LogP contribution in [0.25, 0.3) is 43.8 Å². The lowest BCUT2D eigenvalue weighted by Crippen LogP contribution is -2.43. The van der Waals surface area contributed by atoms with Crippen LogP contribution in [0.4, 0.5) is 22.7 Å². The molecule has 2 heterocycles. The smallest absolute Gasteiger partial charge is 0.135 e. The molecule has 3 nitrogen and oxygen atoms in total. The van der Waals surface area contributed by atoms with Gasteiger partial charge in [-0.25, -0.2) is 0 Å². The summed E-state index contributed by atoms with van der Waals surface area (Å²) in [6.07, 6.45) is 13.8. The Morgan fingerprint density at radius 1 is 0.625 bits per heavy atom. The van der Waals surface area contributed by atoms with Crippen LogP contribution in [0.15, 0.2) is 186 Å². The fourth-order valence-corrected chi connectivity index (χ4v) is 10.3. The van der Waals surface area contributed by atoms with Gasteiger partial charge >= 0.3 is 0 Å². The topological polar surface area (TPSA) is 19.6 Å². The van der Waals surface area contributed by atoms with Gasteiger partial charge in [0.05, 0.1) is 11.2 Å². The van der Waals surface area contributed by atoms with Gasteiger partial charge < -0.3 is 14.2 Å². The number of rotatable bonds is 6. The van der Waals surface area contributed by atoms with E-state index < -0.39 is 0 Å². The van der Waals surface area contributed by atoms with Gasteiger partial charge in [-0.2, -0.15) is 0 Å². The molecule has 0 N–H and O–H groups in total. The fourth-order valence-electron chi connectivity index (χ4n) is 10.3. The summed E-state index contributed by atoms with van der Waals surface area (Å²) in [6.45, 7) is 2.41. The SMILES string of the molecule is CC12C=C(N(c3ccc4oc5ccccc5c4c3)c3ccccc3-c3cccc4cccc(C5CCCCC5)c34)C=CC1c1ccccc1N2c1ccccc1. The Morgan fingerprint density at radius 3 is 2.23 bits per heavy atom. The Bertz CT molecular complexity index is 2830. The van der Waals surface area contributed by atoms with Crippen LogP contribution in [-0.4, -0.2) is 5.54 Å². The first kappa shape index (κ1) is 33.1. The first-order chi connectivity index (χ1) is 27.7. The molecule has 0 saturated heterocycles. The summed E-state index contributed by atoms with van der Waals surface area (Å²) in [4.78, 5) is 5.05. The molecule has 8 aromatic rings. The second-order valence-corrected chi connectivity index (χ2v) is 16.1. The molecule has 1 saturated carbocycles. The van der Waals surface area contributed by atoms with Crippen molar-refractivity contribution in [1.82, 2.24) is 0 Å². The number of para-hydroxylation sites is 4. The van der Waals surface area contributed by atoms with Crippen LogP contribution in [0.2, 0.25) is 0 Å². The van der Waals surface area contributed by atoms with Crippen LogP contribution in [0.3, 0.4) is 0 Å². The molecule has 1 aromatic heterocycles. The lowest BCUT2D eigenvalue weighted by atomic mass is 9.79. The third kappa shape index (κ3) is 5.18. The van der Waals surface area contributed by atoms with Crippen molar-refractivity contribution in [3.05, 3.63) is 193 Å². The zero-order valence-corrected chi connectivity index (χ0v) is 31.7. The molecule has 7 aromatic carbocycles. The standard InChI is InChI=1S/C53H44N2O/c1-53-35-40(30-32-47(53)45-24-9-12-28-49(45)55(53)38-20-6-3-7-21-38)54(39-31-33-51-46(34-39)43-23-10-13-29-50(43)56-51)48-27-11-8-22-42(48)44-26-15-19-37-18-14-25-41(52(37)44)36-16-4-2-5-17-36/h3,6-15,18-36,47H,2,4-5,16-17H2,1H3. The van der Waals surface area contributed by atoms with Crippen LogP contribution in [0.1, 0.15) is 62.0 Å². The van der Waals surface area contributed by atoms with E-state index in [2.05, 4.69) is 187 Å². The highest BCUT2D eigenvalue weighted by molar-refractivity contribution is 6.07. The van der Waals surface area contributed by atoms with Crippen LogP contribution in [-0.2, 0) is 0 Å². The number of hydrogen-bond donors (Lipinski definition) is 0. The first-order valence-corrected chi connectivity index (χ1v) is 20.3. The van der Waals surface area contributed by atoms with Crippen LogP contribution in [0, 0.1) is 0 Å². The lowest BCUT2D eigenvalue weighted by molar-refractivity contribution is 0.445. The molecular weight excluding hydrogens is 681 g/mol. The summed E-state index contributed by atoms with van der Waals surface area (Å²) in [5, 5.41) is 4.96. The van der Waals surface area contributed by atoms with E-state index in [9.17, 15) is 0 Å². The summed E-state index contributed by atoms with van der Waals surface area (Å²) in [6, 6.07) is 57.8. The number of nitrogens with zero attached hydrogens (tertiary/aromatic N) is 2. The molecule has 3 aliphatic rings. The normalized spacial score (nSPS) is 19.3. The molecule has 2 unspecified atom stereocenters. The molecule has 0 amide bonds. The van der Waals surface area contributed by atoms with E-state index in [4.69, 9.17) is 4.42 Å². The largest absolute Gasteiger partial charge is 0.456 e. The third-order valence-corrected chi connectivity index (χ3v) is 12.8. The maximum absolute atomic E-state index is 6.37. The zero-order valence-electron chi connectivity index (χ0n) is 31.7. The molecule has 0 bridgehead atoms. The van der Waals surface area contributed by atoms with Crippen molar-refractivity contribution in [1.29, 1.82) is 0 Å². The van der Waals surface area contributed by atoms with Gasteiger partial charge in [-0.3, -0.25) is 0 Å². The molecule has 11 rings (SSSR count). The third-order valence-electron chi connectivity index (χ3n) is 12.8. The van der Waals surface area contributed by atoms with E-state index in [1.807, 2.05) is 6.07 Å². The molecule has 0 radical (unpaired) electrons. The predicted molar refractivity (Wildman–Crippen MR) is 234 cm³/mol. The van der Waals surface area contributed by atoms with Gasteiger partial charge in [-0.05, 0) is 114 Å². The molecule has 272 valence electrons. The average Bonchev–Trinajstić information content (AvgIpc) is 3.76. The summed E-state index contributed by atoms with van der Waals surface area (Å²) in [5.74, 6) is 0.777. The summed E-state index contributed by atoms with van der Waals surface area (Å²) < 4.78 is 6.37. The van der Waals surface area contributed by atoms with Gasteiger partial charge in [-0.15, -0.1) is 0 Å². The van der Waals surface area contributed by atoms with Crippen molar-refractivity contribution in [3.8, 4) is 11.1 Å². The van der Waals surface area contributed by atoms with Crippen LogP contribution < -0.4 is 9.80 Å². The molecular formula is C53H44N2O. The van der Waals surface area contributed by atoms with Gasteiger partial charge in [0.15, 0.2) is 0 Å². The Hall–Kier alpha value is -6.32. The Labute approximate surface area is 328 Å². The van der Waals surface area contributed by atoms with Crippen LogP contribution in [0.5, 0.6) is 0 Å². The number of furan rings is 1. The van der Waals surface area contributed by atoms with Crippen molar-refractivity contribution in [3.63, 3.8) is 0 Å². The van der Waals surface area contributed by atoms with Crippen molar-refractivity contribution in [2.75, 3.05) is 9.80 Å². The van der Waals surface area contributed by atoms with Crippen molar-refractivity contribution in [2.24, 2.45) is 0 Å². The number of anilines is 4. The molecule has 2 atom stereocenters. The molecule has 1 aliphatic heterocycles. The second-order valence-electron chi connectivity index (χ2n) is 16.1. The maximum atomic E-state index is 6.37. The van der Waals surface area contributed by atoms with Gasteiger partial charge in [0.2, 0.25) is 0 Å². The predicted octanol–water partition coefficient (Wildman–Crippen LogP) is 14.7. The van der Waals surface area contributed by atoms with E-state index >= 15 is 0 Å². The number of allylic oxidation sites excluding steroid dienone is 1. The maximum Gasteiger partial charge on any atom is 0.135 e. The van der Waals surface area contributed by atoms with Gasteiger partial charge in [0.1, 0.15) is 11.2 Å². The first-order valence-electron chi connectivity index (χ1n) is 20.3. The van der Waals surface area contributed by atoms with Gasteiger partial charge in [0, 0.05) is 45.0 Å². The van der Waals surface area contributed by atoms with E-state index in [0.29, 0.717) is 5.92 Å². The number of benzene rings is 7. The molecule has 3 heteroatoms. The Kier molecular flexibility index (Phi) is 7.77. The Morgan fingerprint density at radius 2 is 1.34 bits per heavy atom. The van der Waals surface area contributed by atoms with E-state index in [-0.39, 0.29) is 11.5 Å². The average molecular weight is 725 g/mol. The summed E-state index contributed by atoms with van der Waals surface area (Å²) in [7, 11) is 0. The summed E-state index contributed by atoms with van der Waals surface area (Å²) in [5.41, 5.74) is 12.7. The van der Waals surface area contributed by atoms with Gasteiger partial charge in [-0.1, -0.05) is 135 Å². The molecule has 56 heavy (non-hydrogen) atoms. The van der Waals surface area contributed by atoms with Crippen molar-refractivity contribution < 1.29 is 4.42 Å². The minimum atomic E-state index is -0.359. The lowest BCUT2D eigenvalue weighted by Gasteiger charge is -2.42.